The summed E-state index contributed by atoms with van der Waals surface area (Å²) in [7, 11) is -2.91. The summed E-state index contributed by atoms with van der Waals surface area (Å²) >= 11 is 3.01. The summed E-state index contributed by atoms with van der Waals surface area (Å²) in [6.45, 7) is 6.75. The third kappa shape index (κ3) is 8.49. The highest BCUT2D eigenvalue weighted by Crippen LogP contribution is 2.35. The molecule has 11 nitrogen and oxygen atoms in total. The number of sulfonamides is 1. The van der Waals surface area contributed by atoms with Gasteiger partial charge in [-0.05, 0) is 76.6 Å². The van der Waals surface area contributed by atoms with Gasteiger partial charge in [0.25, 0.3) is 5.91 Å². The van der Waals surface area contributed by atoms with Crippen molar-refractivity contribution in [1.82, 2.24) is 19.9 Å². The van der Waals surface area contributed by atoms with E-state index in [0.29, 0.717) is 23.9 Å². The molecule has 2 amide bonds. The van der Waals surface area contributed by atoms with Crippen molar-refractivity contribution in [3.8, 4) is 0 Å². The van der Waals surface area contributed by atoms with Gasteiger partial charge in [0.2, 0.25) is 10.0 Å². The van der Waals surface area contributed by atoms with Crippen LogP contribution >= 0.6 is 22.7 Å². The van der Waals surface area contributed by atoms with E-state index in [1.54, 1.807) is 16.2 Å². The molecule has 1 aliphatic heterocycles. The molecule has 0 radical (unpaired) electrons. The van der Waals surface area contributed by atoms with Gasteiger partial charge in [-0.15, -0.1) is 22.7 Å². The van der Waals surface area contributed by atoms with Gasteiger partial charge < -0.3 is 19.7 Å². The molecule has 14 heteroatoms. The third-order valence-electron chi connectivity index (χ3n) is 6.75. The van der Waals surface area contributed by atoms with Gasteiger partial charge in [-0.2, -0.15) is 4.72 Å². The molecule has 4 heterocycles. The number of hydrogen-bond donors (Lipinski definition) is 2. The molecule has 4 rings (SSSR count). The number of hydrogen-bond acceptors (Lipinski definition) is 10. The lowest BCUT2D eigenvalue weighted by Gasteiger charge is -2.33. The van der Waals surface area contributed by atoms with E-state index in [4.69, 9.17) is 9.47 Å². The topological polar surface area (TPSA) is 144 Å². The average Bonchev–Trinajstić information content (AvgIpc) is 3.52. The van der Waals surface area contributed by atoms with E-state index < -0.39 is 33.5 Å². The minimum absolute atomic E-state index is 0.106. The van der Waals surface area contributed by atoms with Crippen LogP contribution in [-0.2, 0) is 30.7 Å². The Bertz CT molecular complexity index is 1470. The van der Waals surface area contributed by atoms with Crippen LogP contribution in [0.5, 0.6) is 0 Å². The molecule has 0 unspecified atom stereocenters. The Kier molecular flexibility index (Phi) is 10.2. The van der Waals surface area contributed by atoms with E-state index in [1.165, 1.54) is 34.5 Å². The van der Waals surface area contributed by atoms with Gasteiger partial charge in [0.1, 0.15) is 16.5 Å². The quantitative estimate of drug-likeness (QED) is 0.316. The number of nitrogens with one attached hydrogen (secondary N) is 2. The zero-order valence-corrected chi connectivity index (χ0v) is 26.5. The second kappa shape index (κ2) is 13.5. The van der Waals surface area contributed by atoms with Gasteiger partial charge in [-0.1, -0.05) is 0 Å². The predicted molar refractivity (Wildman–Crippen MR) is 161 cm³/mol. The smallest absolute Gasteiger partial charge is 0.410 e. The largest absolute Gasteiger partial charge is 0.468 e. The molecule has 1 aliphatic rings. The molecule has 2 N–H and O–H groups in total. The Morgan fingerprint density at radius 3 is 2.52 bits per heavy atom. The first-order chi connectivity index (χ1) is 19.8. The standard InChI is InChI=1S/C28H36N4O7S3/c1-28(2,3)39-27(35)32-12-9-18(10-13-32)7-8-20-14-19-15-23(41-26(19)40-20)24(33)30-17-22(25(34)38-4)31-42(36,37)21-6-5-11-29-16-21/h5-6,11,14-16,18,22,31H,7-10,12-13,17H2,1-4H3,(H,30,33)/t22-/m1/s1. The van der Waals surface area contributed by atoms with E-state index in [1.807, 2.05) is 26.8 Å². The lowest BCUT2D eigenvalue weighted by molar-refractivity contribution is -0.142. The number of carbonyl (C=O) groups is 3. The first-order valence-corrected chi connectivity index (χ1v) is 16.7. The number of amides is 2. The number of likely N-dealkylation sites (tertiary alicyclic amines) is 1. The first-order valence-electron chi connectivity index (χ1n) is 13.6. The molecule has 1 saturated heterocycles. The number of aromatic nitrogens is 1. The third-order valence-corrected chi connectivity index (χ3v) is 10.7. The molecular weight excluding hydrogens is 601 g/mol. The van der Waals surface area contributed by atoms with Gasteiger partial charge in [0.15, 0.2) is 0 Å². The number of esters is 1. The Morgan fingerprint density at radius 2 is 1.90 bits per heavy atom. The zero-order valence-electron chi connectivity index (χ0n) is 24.0. The van der Waals surface area contributed by atoms with Gasteiger partial charge in [-0.25, -0.2) is 13.2 Å². The van der Waals surface area contributed by atoms with Crippen molar-refractivity contribution in [2.75, 3.05) is 26.7 Å². The van der Waals surface area contributed by atoms with Gasteiger partial charge in [0, 0.05) is 42.3 Å². The van der Waals surface area contributed by atoms with Crippen LogP contribution in [0.1, 0.15) is 54.6 Å². The number of aryl methyl sites for hydroxylation is 1. The van der Waals surface area contributed by atoms with Crippen molar-refractivity contribution < 1.29 is 32.3 Å². The van der Waals surface area contributed by atoms with E-state index >= 15 is 0 Å². The van der Waals surface area contributed by atoms with E-state index in [0.717, 1.165) is 48.4 Å². The van der Waals surface area contributed by atoms with Crippen LogP contribution in [0.25, 0.3) is 9.40 Å². The Labute approximate surface area is 253 Å². The van der Waals surface area contributed by atoms with Crippen molar-refractivity contribution in [2.24, 2.45) is 5.92 Å². The van der Waals surface area contributed by atoms with Crippen LogP contribution in [0.4, 0.5) is 4.79 Å². The zero-order chi connectivity index (χ0) is 30.5. The maximum atomic E-state index is 12.9. The summed E-state index contributed by atoms with van der Waals surface area (Å²) in [6.07, 6.45) is 6.23. The van der Waals surface area contributed by atoms with Gasteiger partial charge in [-0.3, -0.25) is 14.6 Å². The monoisotopic (exact) mass is 636 g/mol. The molecule has 0 spiro atoms. The molecule has 3 aromatic heterocycles. The van der Waals surface area contributed by atoms with E-state index in [9.17, 15) is 22.8 Å². The maximum Gasteiger partial charge on any atom is 0.410 e. The van der Waals surface area contributed by atoms with E-state index in [-0.39, 0.29) is 17.5 Å². The molecule has 3 aromatic rings. The average molecular weight is 637 g/mol. The number of ether oxygens (including phenoxy) is 2. The van der Waals surface area contributed by atoms with Crippen molar-refractivity contribution >= 4 is 60.1 Å². The number of fused-ring (bicyclic) bond motifs is 1. The fraction of sp³-hybridized carbons (Fsp3) is 0.500. The molecular formula is C28H36N4O7S3. The molecule has 1 atom stereocenters. The molecule has 0 aliphatic carbocycles. The summed E-state index contributed by atoms with van der Waals surface area (Å²) in [5, 5.41) is 3.62. The number of nitrogens with zero attached hydrogens (tertiary/aromatic N) is 2. The van der Waals surface area contributed by atoms with E-state index in [2.05, 4.69) is 21.1 Å². The summed E-state index contributed by atoms with van der Waals surface area (Å²) in [5.74, 6) is -0.685. The molecule has 42 heavy (non-hydrogen) atoms. The lowest BCUT2D eigenvalue weighted by Crippen LogP contribution is -2.48. The highest BCUT2D eigenvalue weighted by molar-refractivity contribution is 7.89. The summed E-state index contributed by atoms with van der Waals surface area (Å²) < 4.78 is 38.8. The minimum atomic E-state index is -4.05. The Balaban J connectivity index is 1.28. The summed E-state index contributed by atoms with van der Waals surface area (Å²) in [6, 6.07) is 5.41. The van der Waals surface area contributed by atoms with Crippen LogP contribution in [0, 0.1) is 5.92 Å². The normalized spacial score (nSPS) is 15.4. The van der Waals surface area contributed by atoms with Crippen molar-refractivity contribution in [1.29, 1.82) is 0 Å². The minimum Gasteiger partial charge on any atom is -0.468 e. The number of piperidine rings is 1. The number of thiophene rings is 2. The van der Waals surface area contributed by atoms with Crippen molar-refractivity contribution in [2.45, 2.75) is 63.0 Å². The number of pyridine rings is 1. The Morgan fingerprint density at radius 1 is 1.17 bits per heavy atom. The molecule has 0 aromatic carbocycles. The first kappa shape index (κ1) is 31.9. The van der Waals surface area contributed by atoms with Crippen LogP contribution in [-0.4, -0.2) is 74.7 Å². The second-order valence-electron chi connectivity index (χ2n) is 11.1. The number of carbonyl (C=O) groups excluding carboxylic acids is 3. The summed E-state index contributed by atoms with van der Waals surface area (Å²) in [5.41, 5.74) is -0.493. The van der Waals surface area contributed by atoms with Gasteiger partial charge >= 0.3 is 12.1 Å². The number of methoxy groups -OCH3 is 1. The Hall–Kier alpha value is -3.07. The van der Waals surface area contributed by atoms with Crippen molar-refractivity contribution in [3.05, 3.63) is 46.4 Å². The fourth-order valence-corrected chi connectivity index (χ4v) is 8.13. The fourth-order valence-electron chi connectivity index (χ4n) is 4.56. The van der Waals surface area contributed by atoms with Crippen LogP contribution in [0.15, 0.2) is 41.6 Å². The predicted octanol–water partition coefficient (Wildman–Crippen LogP) is 4.19. The van der Waals surface area contributed by atoms with Crippen molar-refractivity contribution in [3.63, 3.8) is 0 Å². The van der Waals surface area contributed by atoms with Crippen LogP contribution in [0.3, 0.4) is 0 Å². The van der Waals surface area contributed by atoms with Gasteiger partial charge in [0.05, 0.1) is 16.0 Å². The molecule has 1 fully saturated rings. The van der Waals surface area contributed by atoms with Crippen LogP contribution < -0.4 is 10.0 Å². The number of rotatable bonds is 10. The maximum absolute atomic E-state index is 12.9. The van der Waals surface area contributed by atoms with Crippen LogP contribution in [0.2, 0.25) is 0 Å². The summed E-state index contributed by atoms with van der Waals surface area (Å²) in [4.78, 5) is 44.6. The second-order valence-corrected chi connectivity index (χ2v) is 15.3. The lowest BCUT2D eigenvalue weighted by atomic mass is 9.92. The molecule has 0 saturated carbocycles. The highest BCUT2D eigenvalue weighted by Gasteiger charge is 2.29. The molecule has 228 valence electrons. The molecule has 0 bridgehead atoms. The SMILES string of the molecule is COC(=O)[C@@H](CNC(=O)c1cc2cc(CCC3CCN(C(=O)OC(C)(C)C)CC3)sc2s1)NS(=O)(=O)c1cccnc1. The highest BCUT2D eigenvalue weighted by atomic mass is 32.2.